The van der Waals surface area contributed by atoms with Gasteiger partial charge in [0, 0.05) is 0 Å². The number of rotatable bonds is 7. The highest BCUT2D eigenvalue weighted by Gasteiger charge is 2.15. The second-order valence-corrected chi connectivity index (χ2v) is 7.69. The number of hydrogen-bond acceptors (Lipinski definition) is 7. The number of benzene rings is 2. The average Bonchev–Trinajstić information content (AvgIpc) is 3.37. The summed E-state index contributed by atoms with van der Waals surface area (Å²) in [4.78, 5) is 30.2. The monoisotopic (exact) mass is 448 g/mol. The van der Waals surface area contributed by atoms with E-state index in [0.717, 1.165) is 11.8 Å². The molecule has 0 fully saturated rings. The van der Waals surface area contributed by atoms with Crippen LogP contribution in [0.25, 0.3) is 16.6 Å². The minimum absolute atomic E-state index is 0.0237. The van der Waals surface area contributed by atoms with Gasteiger partial charge >= 0.3 is 0 Å². The van der Waals surface area contributed by atoms with E-state index in [1.807, 2.05) is 6.07 Å². The third-order valence-corrected chi connectivity index (χ3v) is 5.57. The van der Waals surface area contributed by atoms with Crippen LogP contribution in [0, 0.1) is 0 Å². The Labute approximate surface area is 187 Å². The molecule has 0 atom stereocenters. The van der Waals surface area contributed by atoms with Crippen molar-refractivity contribution in [3.8, 4) is 11.4 Å². The third-order valence-electron chi connectivity index (χ3n) is 4.63. The van der Waals surface area contributed by atoms with E-state index in [-0.39, 0.29) is 17.2 Å². The quantitative estimate of drug-likeness (QED) is 0.201. The number of hydrogen-bond donors (Lipinski definition) is 1. The van der Waals surface area contributed by atoms with Crippen molar-refractivity contribution in [2.75, 3.05) is 12.9 Å². The Morgan fingerprint density at radius 3 is 2.66 bits per heavy atom. The van der Waals surface area contributed by atoms with Crippen LogP contribution >= 0.6 is 11.8 Å². The van der Waals surface area contributed by atoms with Crippen molar-refractivity contribution < 1.29 is 13.9 Å². The molecule has 1 amide bonds. The summed E-state index contributed by atoms with van der Waals surface area (Å²) in [7, 11) is 1.58. The molecule has 2 heterocycles. The van der Waals surface area contributed by atoms with Crippen molar-refractivity contribution in [1.29, 1.82) is 0 Å². The van der Waals surface area contributed by atoms with Crippen LogP contribution in [0.2, 0.25) is 0 Å². The number of amides is 1. The second kappa shape index (κ2) is 9.52. The summed E-state index contributed by atoms with van der Waals surface area (Å²) in [6.45, 7) is 1.73. The van der Waals surface area contributed by atoms with Gasteiger partial charge in [-0.1, -0.05) is 23.9 Å². The molecule has 162 valence electrons. The Morgan fingerprint density at radius 2 is 1.94 bits per heavy atom. The van der Waals surface area contributed by atoms with Gasteiger partial charge < -0.3 is 9.15 Å². The minimum atomic E-state index is -0.329. The number of ether oxygens (including phenoxy) is 1. The molecule has 0 unspecified atom stereocenters. The molecule has 0 radical (unpaired) electrons. The Bertz CT molecular complexity index is 1330. The first-order valence-electron chi connectivity index (χ1n) is 9.73. The highest BCUT2D eigenvalue weighted by atomic mass is 32.2. The lowest BCUT2D eigenvalue weighted by molar-refractivity contribution is -0.118. The van der Waals surface area contributed by atoms with Crippen molar-refractivity contribution >= 4 is 34.3 Å². The van der Waals surface area contributed by atoms with Gasteiger partial charge in [-0.25, -0.2) is 10.4 Å². The van der Waals surface area contributed by atoms with Crippen LogP contribution < -0.4 is 15.7 Å². The molecule has 4 rings (SSSR count). The third kappa shape index (κ3) is 4.57. The largest absolute Gasteiger partial charge is 0.497 e. The second-order valence-electron chi connectivity index (χ2n) is 6.75. The highest BCUT2D eigenvalue weighted by Crippen LogP contribution is 2.22. The predicted molar refractivity (Wildman–Crippen MR) is 124 cm³/mol. The zero-order valence-electron chi connectivity index (χ0n) is 17.4. The van der Waals surface area contributed by atoms with Crippen LogP contribution in [0.3, 0.4) is 0 Å². The number of thioether (sulfide) groups is 1. The number of aromatic nitrogens is 2. The van der Waals surface area contributed by atoms with E-state index in [2.05, 4.69) is 15.5 Å². The number of fused-ring (bicyclic) bond motifs is 1. The average molecular weight is 449 g/mol. The van der Waals surface area contributed by atoms with Crippen LogP contribution in [0.15, 0.2) is 86.4 Å². The maximum absolute atomic E-state index is 13.2. The van der Waals surface area contributed by atoms with Gasteiger partial charge in [-0.15, -0.1) is 0 Å². The van der Waals surface area contributed by atoms with Gasteiger partial charge in [0.15, 0.2) is 5.16 Å². The van der Waals surface area contributed by atoms with Crippen molar-refractivity contribution in [2.24, 2.45) is 5.10 Å². The van der Waals surface area contributed by atoms with Gasteiger partial charge in [0.1, 0.15) is 17.2 Å². The molecular weight excluding hydrogens is 428 g/mol. The maximum Gasteiger partial charge on any atom is 0.266 e. The summed E-state index contributed by atoms with van der Waals surface area (Å²) in [5, 5.41) is 4.95. The molecule has 0 aliphatic rings. The maximum atomic E-state index is 13.2. The SMILES string of the molecule is COc1ccc(-n2c(SCC(=O)N/N=C(\C)c3ccco3)nc3ccccc3c2=O)cc1. The molecule has 1 N–H and O–H groups in total. The molecule has 0 aliphatic carbocycles. The van der Waals surface area contributed by atoms with E-state index in [0.29, 0.717) is 39.0 Å². The zero-order valence-corrected chi connectivity index (χ0v) is 18.3. The van der Waals surface area contributed by atoms with Gasteiger partial charge in [-0.3, -0.25) is 14.2 Å². The fraction of sp³-hybridized carbons (Fsp3) is 0.130. The lowest BCUT2D eigenvalue weighted by Gasteiger charge is -2.13. The van der Waals surface area contributed by atoms with Crippen molar-refractivity contribution in [3.05, 3.63) is 83.0 Å². The molecule has 32 heavy (non-hydrogen) atoms. The Morgan fingerprint density at radius 1 is 1.16 bits per heavy atom. The molecule has 2 aromatic heterocycles. The summed E-state index contributed by atoms with van der Waals surface area (Å²) < 4.78 is 12.0. The number of para-hydroxylation sites is 1. The predicted octanol–water partition coefficient (Wildman–Crippen LogP) is 3.62. The van der Waals surface area contributed by atoms with E-state index in [1.165, 1.54) is 10.8 Å². The van der Waals surface area contributed by atoms with Crippen molar-refractivity contribution in [3.63, 3.8) is 0 Å². The summed E-state index contributed by atoms with van der Waals surface area (Å²) in [6.07, 6.45) is 1.54. The van der Waals surface area contributed by atoms with Crippen molar-refractivity contribution in [2.45, 2.75) is 12.1 Å². The van der Waals surface area contributed by atoms with E-state index in [4.69, 9.17) is 9.15 Å². The standard InChI is InChI=1S/C23H20N4O4S/c1-15(20-8-5-13-31-20)25-26-21(28)14-32-23-24-19-7-4-3-6-18(19)22(29)27(23)16-9-11-17(30-2)12-10-16/h3-13H,14H2,1-2H3,(H,26,28)/b25-15+. The van der Waals surface area contributed by atoms with Crippen LogP contribution in [-0.4, -0.2) is 34.0 Å². The Kier molecular flexibility index (Phi) is 6.37. The first-order chi connectivity index (χ1) is 15.6. The number of furan rings is 1. The van der Waals surface area contributed by atoms with Crippen LogP contribution in [0.5, 0.6) is 5.75 Å². The summed E-state index contributed by atoms with van der Waals surface area (Å²) in [5.41, 5.74) is 4.03. The van der Waals surface area contributed by atoms with Crippen LogP contribution in [-0.2, 0) is 4.79 Å². The molecular formula is C23H20N4O4S. The van der Waals surface area contributed by atoms with Gasteiger partial charge in [-0.2, -0.15) is 5.10 Å². The van der Waals surface area contributed by atoms with Gasteiger partial charge in [0.05, 0.1) is 35.7 Å². The number of carbonyl (C=O) groups excluding carboxylic acids is 1. The van der Waals surface area contributed by atoms with Gasteiger partial charge in [0.2, 0.25) is 0 Å². The zero-order chi connectivity index (χ0) is 22.5. The molecule has 4 aromatic rings. The number of nitrogens with one attached hydrogen (secondary N) is 1. The molecule has 2 aromatic carbocycles. The molecule has 0 saturated heterocycles. The molecule has 8 nitrogen and oxygen atoms in total. The fourth-order valence-corrected chi connectivity index (χ4v) is 3.82. The molecule has 0 aliphatic heterocycles. The van der Waals surface area contributed by atoms with Gasteiger partial charge in [-0.05, 0) is 55.5 Å². The lowest BCUT2D eigenvalue weighted by atomic mass is 10.2. The van der Waals surface area contributed by atoms with Gasteiger partial charge in [0.25, 0.3) is 11.5 Å². The summed E-state index contributed by atoms with van der Waals surface area (Å²) in [5.74, 6) is 0.941. The van der Waals surface area contributed by atoms with Crippen LogP contribution in [0.4, 0.5) is 0 Å². The first kappa shape index (κ1) is 21.4. The molecule has 0 saturated carbocycles. The lowest BCUT2D eigenvalue weighted by Crippen LogP contribution is -2.24. The van der Waals surface area contributed by atoms with E-state index >= 15 is 0 Å². The van der Waals surface area contributed by atoms with E-state index in [1.54, 1.807) is 68.6 Å². The molecule has 0 bridgehead atoms. The normalized spacial score (nSPS) is 11.5. The molecule has 9 heteroatoms. The number of hydrazone groups is 1. The summed E-state index contributed by atoms with van der Waals surface area (Å²) in [6, 6.07) is 17.7. The van der Waals surface area contributed by atoms with E-state index < -0.39 is 0 Å². The van der Waals surface area contributed by atoms with E-state index in [9.17, 15) is 9.59 Å². The summed E-state index contributed by atoms with van der Waals surface area (Å²) >= 11 is 1.15. The minimum Gasteiger partial charge on any atom is -0.497 e. The Hall–Kier alpha value is -3.85. The number of methoxy groups -OCH3 is 1. The Balaban J connectivity index is 1.61. The van der Waals surface area contributed by atoms with Crippen LogP contribution in [0.1, 0.15) is 12.7 Å². The molecule has 0 spiro atoms. The number of carbonyl (C=O) groups is 1. The first-order valence-corrected chi connectivity index (χ1v) is 10.7. The highest BCUT2D eigenvalue weighted by molar-refractivity contribution is 7.99. The van der Waals surface area contributed by atoms with Crippen molar-refractivity contribution in [1.82, 2.24) is 15.0 Å². The fourth-order valence-electron chi connectivity index (χ4n) is 3.02. The smallest absolute Gasteiger partial charge is 0.266 e. The number of nitrogens with zero attached hydrogens (tertiary/aromatic N) is 3. The topological polar surface area (TPSA) is 98.7 Å².